The minimum absolute atomic E-state index is 0.0601. The Kier molecular flexibility index (Phi) is 14.4. The summed E-state index contributed by atoms with van der Waals surface area (Å²) in [4.78, 5) is 41.7. The number of imide groups is 1. The van der Waals surface area contributed by atoms with Crippen LogP contribution in [0.2, 0.25) is 0 Å². The summed E-state index contributed by atoms with van der Waals surface area (Å²) in [5.74, 6) is -0.143. The molecule has 0 spiro atoms. The molecule has 2 aliphatic rings. The molecule has 0 N–H and O–H groups in total. The van der Waals surface area contributed by atoms with Crippen molar-refractivity contribution in [2.45, 2.75) is 80.4 Å². The van der Waals surface area contributed by atoms with Crippen LogP contribution in [0.5, 0.6) is 5.75 Å². The van der Waals surface area contributed by atoms with Gasteiger partial charge in [-0.1, -0.05) is 35.4 Å². The van der Waals surface area contributed by atoms with Gasteiger partial charge in [-0.05, 0) is 70.2 Å². The molecule has 2 aliphatic heterocycles. The number of para-hydroxylation sites is 1. The van der Waals surface area contributed by atoms with Crippen molar-refractivity contribution in [1.82, 2.24) is 4.90 Å². The van der Waals surface area contributed by atoms with Crippen molar-refractivity contribution in [1.29, 1.82) is 0 Å². The van der Waals surface area contributed by atoms with Gasteiger partial charge in [-0.25, -0.2) is 0 Å². The maximum Gasteiger partial charge on any atom is 0.305 e. The summed E-state index contributed by atoms with van der Waals surface area (Å²) in [6.07, 6.45) is 3.20. The number of esters is 1. The summed E-state index contributed by atoms with van der Waals surface area (Å²) < 4.78 is 13.2. The van der Waals surface area contributed by atoms with Crippen molar-refractivity contribution in [3.63, 3.8) is 0 Å². The third kappa shape index (κ3) is 11.0. The van der Waals surface area contributed by atoms with Crippen LogP contribution < -0.4 is 14.5 Å². The molecule has 1 fully saturated rings. The monoisotopic (exact) mass is 822 g/mol. The van der Waals surface area contributed by atoms with Crippen LogP contribution in [-0.2, 0) is 32.6 Å². The molecule has 5 rings (SSSR count). The van der Waals surface area contributed by atoms with Crippen LogP contribution in [0, 0.1) is 48.2 Å². The van der Waals surface area contributed by atoms with Gasteiger partial charge in [-0.2, -0.15) is 6.67 Å². The van der Waals surface area contributed by atoms with E-state index in [1.807, 2.05) is 42.7 Å². The first-order chi connectivity index (χ1) is 24.1. The van der Waals surface area contributed by atoms with E-state index in [0.29, 0.717) is 13.0 Å². The van der Waals surface area contributed by atoms with Gasteiger partial charge in [0.2, 0.25) is 0 Å². The van der Waals surface area contributed by atoms with Gasteiger partial charge in [0, 0.05) is 43.0 Å². The third-order valence-electron chi connectivity index (χ3n) is 8.45. The van der Waals surface area contributed by atoms with E-state index in [1.54, 1.807) is 0 Å². The molecule has 276 valence electrons. The topological polar surface area (TPSA) is 79.4 Å². The molecule has 2 amide bonds. The number of rotatable bonds is 11. The van der Waals surface area contributed by atoms with Crippen LogP contribution in [0.1, 0.15) is 65.6 Å². The van der Waals surface area contributed by atoms with Gasteiger partial charge in [-0.15, -0.1) is 0 Å². The largest absolute Gasteiger partial charge is 0.501 e. The van der Waals surface area contributed by atoms with E-state index in [4.69, 9.17) is 28.9 Å². The minimum Gasteiger partial charge on any atom is -0.501 e. The van der Waals surface area contributed by atoms with Gasteiger partial charge < -0.3 is 14.5 Å². The minimum atomic E-state index is -1.77. The average molecular weight is 823 g/mol. The standard InChI is InChI=1S/C30H36N3O4.C10H12O.2ClH.Ru/c1-19-12-21(3)29(22(4)13-19)31-16-25(33(18-31)30-23(5)14-20(2)15-24(30)6)17-37-28(36)8-7-11-32-26(34)9-10-27(32)35;1-8(2)11-10-7-5-4-6-9(10)3;;;/h9-10,12-15,18,25H,7-8,11,16-17H2,1-6H3;3-8H,1-2H3;2*1H;/q-1;;;;+2/p-2. The molecular formula is C40H48Cl2N3O5Ru-. The number of benzene rings is 3. The Morgan fingerprint density at radius 2 is 1.45 bits per heavy atom. The number of hydrogen-bond donors (Lipinski definition) is 0. The summed E-state index contributed by atoms with van der Waals surface area (Å²) in [7, 11) is 11.6. The van der Waals surface area contributed by atoms with Crippen LogP contribution in [0.15, 0.2) is 60.7 Å². The Morgan fingerprint density at radius 3 is 2.00 bits per heavy atom. The Hall–Kier alpha value is -3.52. The summed E-state index contributed by atoms with van der Waals surface area (Å²) in [5, 5.41) is 0. The second-order valence-electron chi connectivity index (χ2n) is 13.3. The van der Waals surface area contributed by atoms with E-state index < -0.39 is 13.5 Å². The van der Waals surface area contributed by atoms with Gasteiger partial charge in [0.25, 0.3) is 11.8 Å². The van der Waals surface area contributed by atoms with E-state index in [-0.39, 0.29) is 49.5 Å². The molecule has 1 unspecified atom stereocenters. The van der Waals surface area contributed by atoms with E-state index in [2.05, 4.69) is 82.3 Å². The average Bonchev–Trinajstić information content (AvgIpc) is 3.57. The van der Waals surface area contributed by atoms with Crippen LogP contribution in [-0.4, -0.2) is 59.1 Å². The molecule has 51 heavy (non-hydrogen) atoms. The smallest absolute Gasteiger partial charge is 0.305 e. The third-order valence-corrected chi connectivity index (χ3v) is 10.3. The number of nitrogens with zero attached hydrogens (tertiary/aromatic N) is 3. The molecule has 0 aliphatic carbocycles. The number of aryl methyl sites for hydroxylation is 6. The zero-order valence-electron chi connectivity index (χ0n) is 30.6. The van der Waals surface area contributed by atoms with Crippen molar-refractivity contribution in [2.24, 2.45) is 0 Å². The Labute approximate surface area is 315 Å². The zero-order valence-corrected chi connectivity index (χ0v) is 33.9. The summed E-state index contributed by atoms with van der Waals surface area (Å²) in [5.41, 5.74) is 10.5. The molecular weight excluding hydrogens is 774 g/mol. The molecule has 3 aromatic carbocycles. The van der Waals surface area contributed by atoms with Crippen molar-refractivity contribution < 1.29 is 37.4 Å². The quantitative estimate of drug-likeness (QED) is 0.0837. The fraction of sp³-hybridized carbons (Fsp3) is 0.375. The zero-order chi connectivity index (χ0) is 37.4. The predicted molar refractivity (Wildman–Crippen MR) is 204 cm³/mol. The van der Waals surface area contributed by atoms with Crippen molar-refractivity contribution in [3.8, 4) is 5.75 Å². The van der Waals surface area contributed by atoms with E-state index in [1.165, 1.54) is 51.2 Å². The van der Waals surface area contributed by atoms with Crippen molar-refractivity contribution in [2.75, 3.05) is 29.5 Å². The normalized spacial score (nSPS) is 15.7. The number of carbonyl (C=O) groups is 3. The number of amides is 2. The van der Waals surface area contributed by atoms with Crippen LogP contribution >= 0.6 is 19.4 Å². The first kappa shape index (κ1) is 40.3. The number of ether oxygens (including phenoxy) is 2. The van der Waals surface area contributed by atoms with Crippen molar-refractivity contribution >= 4 is 53.1 Å². The van der Waals surface area contributed by atoms with Crippen LogP contribution in [0.3, 0.4) is 0 Å². The van der Waals surface area contributed by atoms with Gasteiger partial charge >= 0.3 is 104 Å². The van der Waals surface area contributed by atoms with Crippen molar-refractivity contribution in [3.05, 3.63) is 106 Å². The Morgan fingerprint density at radius 1 is 0.902 bits per heavy atom. The maximum atomic E-state index is 12.6. The molecule has 0 bridgehead atoms. The number of halogens is 2. The second kappa shape index (κ2) is 18.3. The second-order valence-corrected chi connectivity index (χ2v) is 19.0. The molecule has 1 saturated heterocycles. The van der Waals surface area contributed by atoms with Gasteiger partial charge in [-0.3, -0.25) is 19.3 Å². The molecule has 0 radical (unpaired) electrons. The molecule has 11 heteroatoms. The molecule has 8 nitrogen and oxygen atoms in total. The number of hydrogen-bond acceptors (Lipinski definition) is 7. The van der Waals surface area contributed by atoms with Gasteiger partial charge in [0.15, 0.2) is 0 Å². The summed E-state index contributed by atoms with van der Waals surface area (Å²) in [6.45, 7) is 20.0. The Bertz CT molecular complexity index is 1760. The summed E-state index contributed by atoms with van der Waals surface area (Å²) in [6, 6.07) is 16.5. The van der Waals surface area contributed by atoms with Gasteiger partial charge in [0.1, 0.15) is 6.61 Å². The van der Waals surface area contributed by atoms with E-state index >= 15 is 0 Å². The predicted octanol–water partition coefficient (Wildman–Crippen LogP) is 8.15. The van der Waals surface area contributed by atoms with Crippen LogP contribution in [0.4, 0.5) is 11.4 Å². The number of carbonyl (C=O) groups excluding carboxylic acids is 3. The van der Waals surface area contributed by atoms with E-state index in [0.717, 1.165) is 21.9 Å². The Balaban J connectivity index is 0.000000349. The first-order valence-corrected chi connectivity index (χ1v) is 22.5. The fourth-order valence-corrected chi connectivity index (χ4v) is 8.44. The first-order valence-electron chi connectivity index (χ1n) is 17.0. The molecule has 0 saturated carbocycles. The van der Waals surface area contributed by atoms with Gasteiger partial charge in [0.05, 0.1) is 6.04 Å². The SMILES string of the molecule is CC(C)Oc1ccccc1[CH]=[Ru]([Cl])[Cl].Cc1cc(C)c(N2[CH-]N(c3c(C)cc(C)cc3C)C(COC(=O)CCCN3C(=O)C=CC3=O)C2)c(C)c1. The summed E-state index contributed by atoms with van der Waals surface area (Å²) >= 11 is -1.77. The van der Waals surface area contributed by atoms with E-state index in [9.17, 15) is 14.4 Å². The number of anilines is 2. The molecule has 2 heterocycles. The molecule has 1 atom stereocenters. The molecule has 3 aromatic rings. The maximum absolute atomic E-state index is 12.6. The molecule has 0 aromatic heterocycles. The van der Waals surface area contributed by atoms with Crippen LogP contribution in [0.25, 0.3) is 0 Å². The fourth-order valence-electron chi connectivity index (χ4n) is 6.64.